The third kappa shape index (κ3) is 2.37. The zero-order chi connectivity index (χ0) is 15.9. The van der Waals surface area contributed by atoms with Crippen LogP contribution in [0, 0.1) is 23.2 Å². The zero-order valence-corrected chi connectivity index (χ0v) is 13.1. The number of hydrogen-bond donors (Lipinski definition) is 1. The monoisotopic (exact) mass is 296 g/mol. The van der Waals surface area contributed by atoms with E-state index in [0.717, 1.165) is 6.42 Å². The topological polar surface area (TPSA) is 72.8 Å². The number of carbonyl (C=O) groups excluding carboxylic acids is 2. The molecular formula is C16H24O5. The molecule has 6 atom stereocenters. The number of hydrogen-bond acceptors (Lipinski definition) is 5. The molecule has 0 amide bonds. The normalized spacial score (nSPS) is 42.1. The van der Waals surface area contributed by atoms with Crippen molar-refractivity contribution in [1.29, 1.82) is 0 Å². The minimum Gasteiger partial charge on any atom is -0.466 e. The van der Waals surface area contributed by atoms with E-state index in [4.69, 9.17) is 9.47 Å². The second-order valence-electron chi connectivity index (χ2n) is 6.54. The van der Waals surface area contributed by atoms with Crippen LogP contribution in [0.1, 0.15) is 33.6 Å². The minimum absolute atomic E-state index is 0.288. The molecule has 0 spiro atoms. The third-order valence-electron chi connectivity index (χ3n) is 5.41. The maximum atomic E-state index is 11.9. The van der Waals surface area contributed by atoms with Crippen molar-refractivity contribution in [2.75, 3.05) is 7.11 Å². The average molecular weight is 296 g/mol. The van der Waals surface area contributed by atoms with Gasteiger partial charge in [0.05, 0.1) is 19.1 Å². The summed E-state index contributed by atoms with van der Waals surface area (Å²) >= 11 is 0. The summed E-state index contributed by atoms with van der Waals surface area (Å²) in [6.45, 7) is 9.65. The summed E-state index contributed by atoms with van der Waals surface area (Å²) in [6, 6.07) is 0. The van der Waals surface area contributed by atoms with Gasteiger partial charge in [-0.3, -0.25) is 4.79 Å². The van der Waals surface area contributed by atoms with Crippen LogP contribution in [0.3, 0.4) is 0 Å². The first kappa shape index (κ1) is 16.0. The molecule has 1 aliphatic heterocycles. The highest BCUT2D eigenvalue weighted by Gasteiger charge is 2.59. The highest BCUT2D eigenvalue weighted by molar-refractivity contribution is 5.89. The first-order chi connectivity index (χ1) is 9.76. The Morgan fingerprint density at radius 2 is 2.19 bits per heavy atom. The number of fused-ring (bicyclic) bond motifs is 1. The van der Waals surface area contributed by atoms with Gasteiger partial charge in [0.25, 0.3) is 0 Å². The maximum Gasteiger partial charge on any atom is 0.333 e. The van der Waals surface area contributed by atoms with Gasteiger partial charge < -0.3 is 14.6 Å². The highest BCUT2D eigenvalue weighted by Crippen LogP contribution is 2.54. The van der Waals surface area contributed by atoms with E-state index in [0.29, 0.717) is 12.0 Å². The lowest BCUT2D eigenvalue weighted by atomic mass is 9.57. The Labute approximate surface area is 125 Å². The molecule has 1 heterocycles. The number of esters is 2. The fourth-order valence-corrected chi connectivity index (χ4v) is 3.98. The van der Waals surface area contributed by atoms with E-state index in [1.54, 1.807) is 6.92 Å². The Kier molecular flexibility index (Phi) is 4.15. The molecule has 5 heteroatoms. The fourth-order valence-electron chi connectivity index (χ4n) is 3.98. The molecule has 0 unspecified atom stereocenters. The minimum atomic E-state index is -0.608. The molecule has 0 aromatic heterocycles. The maximum absolute atomic E-state index is 11.9. The van der Waals surface area contributed by atoms with Crippen LogP contribution in [0.5, 0.6) is 0 Å². The van der Waals surface area contributed by atoms with Crippen molar-refractivity contribution in [2.24, 2.45) is 23.2 Å². The predicted molar refractivity (Wildman–Crippen MR) is 76.2 cm³/mol. The fraction of sp³-hybridized carbons (Fsp3) is 0.750. The third-order valence-corrected chi connectivity index (χ3v) is 5.41. The van der Waals surface area contributed by atoms with E-state index < -0.39 is 18.2 Å². The number of ether oxygens (including phenoxy) is 2. The molecule has 0 radical (unpaired) electrons. The largest absolute Gasteiger partial charge is 0.466 e. The summed E-state index contributed by atoms with van der Waals surface area (Å²) in [5, 5.41) is 10.5. The van der Waals surface area contributed by atoms with E-state index in [2.05, 4.69) is 6.58 Å². The Balaban J connectivity index is 2.43. The summed E-state index contributed by atoms with van der Waals surface area (Å²) in [7, 11) is 1.31. The van der Waals surface area contributed by atoms with Gasteiger partial charge in [0.15, 0.2) is 0 Å². The molecule has 118 valence electrons. The second-order valence-corrected chi connectivity index (χ2v) is 6.54. The summed E-state index contributed by atoms with van der Waals surface area (Å²) in [5.74, 6) is -1.77. The smallest absolute Gasteiger partial charge is 0.333 e. The summed E-state index contributed by atoms with van der Waals surface area (Å²) in [5.41, 5.74) is -0.0263. The molecule has 21 heavy (non-hydrogen) atoms. The van der Waals surface area contributed by atoms with Gasteiger partial charge in [0, 0.05) is 17.4 Å². The first-order valence-corrected chi connectivity index (χ1v) is 7.42. The second kappa shape index (κ2) is 5.44. The van der Waals surface area contributed by atoms with Crippen molar-refractivity contribution in [3.63, 3.8) is 0 Å². The van der Waals surface area contributed by atoms with Crippen molar-refractivity contribution in [3.8, 4) is 0 Å². The van der Waals surface area contributed by atoms with Crippen LogP contribution in [-0.4, -0.2) is 36.4 Å². The van der Waals surface area contributed by atoms with E-state index in [1.807, 2.05) is 13.8 Å². The lowest BCUT2D eigenvalue weighted by Crippen LogP contribution is -2.52. The van der Waals surface area contributed by atoms with Gasteiger partial charge in [0.2, 0.25) is 0 Å². The summed E-state index contributed by atoms with van der Waals surface area (Å²) < 4.78 is 10.3. The summed E-state index contributed by atoms with van der Waals surface area (Å²) in [6.07, 6.45) is 0.155. The highest BCUT2D eigenvalue weighted by atomic mass is 16.6. The van der Waals surface area contributed by atoms with Crippen molar-refractivity contribution in [1.82, 2.24) is 0 Å². The Morgan fingerprint density at radius 1 is 1.57 bits per heavy atom. The predicted octanol–water partition coefficient (Wildman–Crippen LogP) is 1.69. The number of aliphatic hydroxyl groups is 1. The van der Waals surface area contributed by atoms with Crippen molar-refractivity contribution >= 4 is 11.9 Å². The van der Waals surface area contributed by atoms with Crippen LogP contribution >= 0.6 is 0 Å². The van der Waals surface area contributed by atoms with Crippen LogP contribution < -0.4 is 0 Å². The molecule has 2 rings (SSSR count). The Bertz CT molecular complexity index is 471. The van der Waals surface area contributed by atoms with E-state index >= 15 is 0 Å². The van der Waals surface area contributed by atoms with Gasteiger partial charge in [0.1, 0.15) is 6.10 Å². The molecule has 0 bridgehead atoms. The molecule has 1 aliphatic carbocycles. The van der Waals surface area contributed by atoms with Crippen molar-refractivity contribution in [3.05, 3.63) is 12.2 Å². The number of rotatable bonds is 3. The SMILES string of the molecule is C=C(C(=O)OC)[C@@H]1[C@H]2OC(=O)[C@@H](C)[C@@H]2[C@@H](O)C[C@@]1(C)CC. The van der Waals surface area contributed by atoms with Gasteiger partial charge in [-0.1, -0.05) is 27.4 Å². The van der Waals surface area contributed by atoms with Crippen LogP contribution in [-0.2, 0) is 19.1 Å². The van der Waals surface area contributed by atoms with E-state index in [1.165, 1.54) is 7.11 Å². The molecule has 5 nitrogen and oxygen atoms in total. The molecular weight excluding hydrogens is 272 g/mol. The molecule has 0 aromatic carbocycles. The summed E-state index contributed by atoms with van der Waals surface area (Å²) in [4.78, 5) is 23.8. The van der Waals surface area contributed by atoms with E-state index in [-0.39, 0.29) is 29.1 Å². The van der Waals surface area contributed by atoms with Gasteiger partial charge >= 0.3 is 11.9 Å². The lowest BCUT2D eigenvalue weighted by Gasteiger charge is -2.48. The molecule has 1 saturated carbocycles. The molecule has 2 aliphatic rings. The Morgan fingerprint density at radius 3 is 2.71 bits per heavy atom. The number of methoxy groups -OCH3 is 1. The van der Waals surface area contributed by atoms with Gasteiger partial charge in [-0.15, -0.1) is 0 Å². The zero-order valence-electron chi connectivity index (χ0n) is 13.1. The molecule has 1 saturated heterocycles. The number of carbonyl (C=O) groups is 2. The van der Waals surface area contributed by atoms with Gasteiger partial charge in [-0.05, 0) is 18.3 Å². The van der Waals surface area contributed by atoms with Gasteiger partial charge in [-0.25, -0.2) is 4.79 Å². The van der Waals surface area contributed by atoms with Crippen LogP contribution in [0.2, 0.25) is 0 Å². The van der Waals surface area contributed by atoms with Crippen LogP contribution in [0.15, 0.2) is 12.2 Å². The van der Waals surface area contributed by atoms with Crippen LogP contribution in [0.25, 0.3) is 0 Å². The molecule has 1 N–H and O–H groups in total. The number of aliphatic hydroxyl groups excluding tert-OH is 1. The quantitative estimate of drug-likeness (QED) is 0.634. The van der Waals surface area contributed by atoms with Gasteiger partial charge in [-0.2, -0.15) is 0 Å². The van der Waals surface area contributed by atoms with Crippen molar-refractivity contribution < 1.29 is 24.2 Å². The molecule has 2 fully saturated rings. The standard InChI is InChI=1S/C16H24O5/c1-6-16(4)7-10(17)11-8(2)15(19)21-13(11)12(16)9(3)14(18)20-5/h8,10-13,17H,3,6-7H2,1-2,4-5H3/t8-,10-,11+,12+,13-,16+/m0/s1. The lowest BCUT2D eigenvalue weighted by molar-refractivity contribution is -0.152. The first-order valence-electron chi connectivity index (χ1n) is 7.42. The Hall–Kier alpha value is -1.36. The average Bonchev–Trinajstić information content (AvgIpc) is 2.73. The van der Waals surface area contributed by atoms with Crippen LogP contribution in [0.4, 0.5) is 0 Å². The van der Waals surface area contributed by atoms with E-state index in [9.17, 15) is 14.7 Å². The molecule has 0 aromatic rings. The van der Waals surface area contributed by atoms with Crippen molar-refractivity contribution in [2.45, 2.75) is 45.8 Å².